The van der Waals surface area contributed by atoms with E-state index in [1.807, 2.05) is 13.0 Å². The lowest BCUT2D eigenvalue weighted by Crippen LogP contribution is -2.32. The summed E-state index contributed by atoms with van der Waals surface area (Å²) in [7, 11) is -3.10. The van der Waals surface area contributed by atoms with E-state index in [2.05, 4.69) is 5.32 Å². The van der Waals surface area contributed by atoms with Gasteiger partial charge in [-0.25, -0.2) is 12.7 Å². The lowest BCUT2D eigenvalue weighted by atomic mass is 10.2. The number of benzene rings is 1. The molecule has 114 valence electrons. The van der Waals surface area contributed by atoms with Crippen LogP contribution in [0.1, 0.15) is 18.9 Å². The van der Waals surface area contributed by atoms with E-state index in [1.165, 1.54) is 10.6 Å². The normalized spacial score (nSPS) is 12.1. The van der Waals surface area contributed by atoms with Gasteiger partial charge in [-0.1, -0.05) is 36.2 Å². The third-order valence-electron chi connectivity index (χ3n) is 2.91. The molecule has 1 aromatic carbocycles. The zero-order chi connectivity index (χ0) is 15.2. The van der Waals surface area contributed by atoms with E-state index in [0.29, 0.717) is 29.7 Å². The number of nitrogens with one attached hydrogen (secondary N) is 1. The van der Waals surface area contributed by atoms with Gasteiger partial charge in [-0.2, -0.15) is 0 Å². The van der Waals surface area contributed by atoms with Gasteiger partial charge in [-0.15, -0.1) is 0 Å². The fraction of sp³-hybridized carbons (Fsp3) is 0.538. The topological polar surface area (TPSA) is 49.4 Å². The second-order valence-corrected chi connectivity index (χ2v) is 7.35. The van der Waals surface area contributed by atoms with Crippen molar-refractivity contribution >= 4 is 33.2 Å². The second kappa shape index (κ2) is 8.20. The van der Waals surface area contributed by atoms with Gasteiger partial charge in [0.25, 0.3) is 0 Å². The number of nitrogens with zero attached hydrogens (tertiary/aromatic N) is 1. The first-order valence-electron chi connectivity index (χ1n) is 6.44. The van der Waals surface area contributed by atoms with Gasteiger partial charge < -0.3 is 5.32 Å². The van der Waals surface area contributed by atoms with Crippen LogP contribution in [0, 0.1) is 0 Å². The van der Waals surface area contributed by atoms with Crippen molar-refractivity contribution in [3.63, 3.8) is 0 Å². The van der Waals surface area contributed by atoms with Crippen molar-refractivity contribution in [2.45, 2.75) is 19.9 Å². The highest BCUT2D eigenvalue weighted by molar-refractivity contribution is 7.88. The molecule has 0 heterocycles. The van der Waals surface area contributed by atoms with E-state index in [-0.39, 0.29) is 0 Å². The minimum absolute atomic E-state index is 0.502. The van der Waals surface area contributed by atoms with Gasteiger partial charge in [0.2, 0.25) is 10.0 Å². The zero-order valence-electron chi connectivity index (χ0n) is 11.7. The zero-order valence-corrected chi connectivity index (χ0v) is 14.0. The molecule has 1 aromatic rings. The average Bonchev–Trinajstić information content (AvgIpc) is 2.34. The van der Waals surface area contributed by atoms with Crippen LogP contribution in [0.15, 0.2) is 18.2 Å². The molecule has 0 fully saturated rings. The summed E-state index contributed by atoms with van der Waals surface area (Å²) in [5, 5.41) is 4.50. The van der Waals surface area contributed by atoms with E-state index >= 15 is 0 Å². The molecule has 1 rings (SSSR count). The molecule has 0 aromatic heterocycles. The van der Waals surface area contributed by atoms with Gasteiger partial charge in [0.05, 0.1) is 6.26 Å². The third kappa shape index (κ3) is 5.97. The minimum Gasteiger partial charge on any atom is -0.313 e. The van der Waals surface area contributed by atoms with Crippen LogP contribution in [-0.4, -0.2) is 38.6 Å². The maximum Gasteiger partial charge on any atom is 0.211 e. The van der Waals surface area contributed by atoms with Gasteiger partial charge in [0.15, 0.2) is 0 Å². The van der Waals surface area contributed by atoms with Crippen molar-refractivity contribution in [2.24, 2.45) is 0 Å². The molecule has 0 radical (unpaired) electrons. The Morgan fingerprint density at radius 2 is 2.00 bits per heavy atom. The lowest BCUT2D eigenvalue weighted by molar-refractivity contribution is 0.419. The third-order valence-corrected chi connectivity index (χ3v) is 4.88. The average molecular weight is 339 g/mol. The molecule has 0 saturated carbocycles. The Bertz CT molecular complexity index is 535. The summed E-state index contributed by atoms with van der Waals surface area (Å²) in [4.78, 5) is 0. The molecule has 0 atom stereocenters. The number of hydrogen-bond acceptors (Lipinski definition) is 3. The maximum atomic E-state index is 11.4. The summed E-state index contributed by atoms with van der Waals surface area (Å²) in [5.41, 5.74) is 0.978. The van der Waals surface area contributed by atoms with Gasteiger partial charge in [0, 0.05) is 29.7 Å². The standard InChI is InChI=1S/C13H20Cl2N2O2S/c1-3-17(20(2,18)19)8-4-7-16-10-11-5-6-12(14)9-13(11)15/h5-6,9,16H,3-4,7-8,10H2,1-2H3. The van der Waals surface area contributed by atoms with E-state index in [9.17, 15) is 8.42 Å². The van der Waals surface area contributed by atoms with E-state index < -0.39 is 10.0 Å². The quantitative estimate of drug-likeness (QED) is 0.741. The second-order valence-electron chi connectivity index (χ2n) is 4.52. The molecule has 1 N–H and O–H groups in total. The molecule has 0 spiro atoms. The van der Waals surface area contributed by atoms with Crippen LogP contribution in [0.5, 0.6) is 0 Å². The highest BCUT2D eigenvalue weighted by Gasteiger charge is 2.12. The van der Waals surface area contributed by atoms with Crippen LogP contribution in [0.3, 0.4) is 0 Å². The highest BCUT2D eigenvalue weighted by atomic mass is 35.5. The van der Waals surface area contributed by atoms with Crippen molar-refractivity contribution in [1.29, 1.82) is 0 Å². The number of halogens is 2. The summed E-state index contributed by atoms with van der Waals surface area (Å²) in [6, 6.07) is 5.39. The smallest absolute Gasteiger partial charge is 0.211 e. The predicted molar refractivity (Wildman–Crippen MR) is 84.9 cm³/mol. The molecule has 0 saturated heterocycles. The van der Waals surface area contributed by atoms with Crippen LogP contribution in [-0.2, 0) is 16.6 Å². The van der Waals surface area contributed by atoms with Gasteiger partial charge in [-0.05, 0) is 30.7 Å². The molecule has 7 heteroatoms. The molecule has 0 aliphatic carbocycles. The Hall–Kier alpha value is -0.330. The fourth-order valence-corrected chi connectivity index (χ4v) is 3.23. The summed E-state index contributed by atoms with van der Waals surface area (Å²) >= 11 is 11.9. The van der Waals surface area contributed by atoms with E-state index in [0.717, 1.165) is 18.5 Å². The van der Waals surface area contributed by atoms with Crippen LogP contribution in [0.4, 0.5) is 0 Å². The predicted octanol–water partition coefficient (Wildman–Crippen LogP) is 2.75. The first kappa shape index (κ1) is 17.7. The molecular formula is C13H20Cl2N2O2S. The van der Waals surface area contributed by atoms with Crippen molar-refractivity contribution in [3.05, 3.63) is 33.8 Å². The number of rotatable bonds is 8. The van der Waals surface area contributed by atoms with Crippen LogP contribution >= 0.6 is 23.2 Å². The van der Waals surface area contributed by atoms with Crippen LogP contribution < -0.4 is 5.32 Å². The molecule has 0 amide bonds. The Kier molecular flexibility index (Phi) is 7.26. The van der Waals surface area contributed by atoms with Crippen LogP contribution in [0.2, 0.25) is 10.0 Å². The van der Waals surface area contributed by atoms with Crippen molar-refractivity contribution in [1.82, 2.24) is 9.62 Å². The van der Waals surface area contributed by atoms with Crippen LogP contribution in [0.25, 0.3) is 0 Å². The summed E-state index contributed by atoms with van der Waals surface area (Å²) < 4.78 is 24.3. The van der Waals surface area contributed by atoms with Gasteiger partial charge in [-0.3, -0.25) is 0 Å². The maximum absolute atomic E-state index is 11.4. The fourth-order valence-electron chi connectivity index (χ4n) is 1.83. The molecule has 0 aliphatic rings. The van der Waals surface area contributed by atoms with Crippen molar-refractivity contribution < 1.29 is 8.42 Å². The molecular weight excluding hydrogens is 319 g/mol. The largest absolute Gasteiger partial charge is 0.313 e. The molecule has 0 unspecified atom stereocenters. The summed E-state index contributed by atoms with van der Waals surface area (Å²) in [6.07, 6.45) is 1.99. The minimum atomic E-state index is -3.10. The Balaban J connectivity index is 2.32. The first-order valence-corrected chi connectivity index (χ1v) is 9.04. The molecule has 20 heavy (non-hydrogen) atoms. The van der Waals surface area contributed by atoms with E-state index in [1.54, 1.807) is 12.1 Å². The van der Waals surface area contributed by atoms with Crippen molar-refractivity contribution in [2.75, 3.05) is 25.9 Å². The summed E-state index contributed by atoms with van der Waals surface area (Å²) in [5.74, 6) is 0. The van der Waals surface area contributed by atoms with Gasteiger partial charge >= 0.3 is 0 Å². The molecule has 4 nitrogen and oxygen atoms in total. The first-order chi connectivity index (χ1) is 9.34. The number of sulfonamides is 1. The van der Waals surface area contributed by atoms with Gasteiger partial charge in [0.1, 0.15) is 0 Å². The van der Waals surface area contributed by atoms with Crippen molar-refractivity contribution in [3.8, 4) is 0 Å². The molecule has 0 aliphatic heterocycles. The Morgan fingerprint density at radius 1 is 1.30 bits per heavy atom. The SMILES string of the molecule is CCN(CCCNCc1ccc(Cl)cc1Cl)S(C)(=O)=O. The number of hydrogen-bond donors (Lipinski definition) is 1. The highest BCUT2D eigenvalue weighted by Crippen LogP contribution is 2.20. The monoisotopic (exact) mass is 338 g/mol. The van der Waals surface area contributed by atoms with E-state index in [4.69, 9.17) is 23.2 Å². The Labute approximate surface area is 131 Å². The molecule has 0 bridgehead atoms. The summed E-state index contributed by atoms with van der Waals surface area (Å²) in [6.45, 7) is 4.23. The Morgan fingerprint density at radius 3 is 2.55 bits per heavy atom. The lowest BCUT2D eigenvalue weighted by Gasteiger charge is -2.17.